The van der Waals surface area contributed by atoms with Gasteiger partial charge in [0.2, 0.25) is 0 Å². The van der Waals surface area contributed by atoms with Gasteiger partial charge in [-0.25, -0.2) is 4.39 Å². The molecule has 0 aliphatic carbocycles. The van der Waals surface area contributed by atoms with Crippen LogP contribution in [0.3, 0.4) is 0 Å². The highest BCUT2D eigenvalue weighted by Gasteiger charge is 2.15. The van der Waals surface area contributed by atoms with Crippen LogP contribution < -0.4 is 11.1 Å². The van der Waals surface area contributed by atoms with Crippen molar-refractivity contribution in [3.8, 4) is 0 Å². The first-order chi connectivity index (χ1) is 10.0. The third-order valence-electron chi connectivity index (χ3n) is 2.92. The molecule has 0 radical (unpaired) electrons. The van der Waals surface area contributed by atoms with E-state index in [-0.39, 0.29) is 16.4 Å². The van der Waals surface area contributed by atoms with Gasteiger partial charge in [0.25, 0.3) is 5.91 Å². The van der Waals surface area contributed by atoms with Gasteiger partial charge in [0.1, 0.15) is 5.82 Å². The standard InChI is InChI=1S/C14H10ClFN4O/c15-7-3-8(16)5-10(4-7)18-14(21)13-11-6-9(17)1-2-12(11)19-20-13/h1-6H,17H2,(H,18,21)(H,19,20). The topological polar surface area (TPSA) is 83.8 Å². The smallest absolute Gasteiger partial charge is 0.276 e. The number of aromatic nitrogens is 2. The Balaban J connectivity index is 1.95. The lowest BCUT2D eigenvalue weighted by Gasteiger charge is -2.04. The van der Waals surface area contributed by atoms with Crippen LogP contribution in [-0.2, 0) is 0 Å². The number of nitrogens with zero attached hydrogens (tertiary/aromatic N) is 1. The van der Waals surface area contributed by atoms with Crippen molar-refractivity contribution in [2.45, 2.75) is 0 Å². The molecule has 106 valence electrons. The number of rotatable bonds is 2. The zero-order valence-electron chi connectivity index (χ0n) is 10.7. The number of carbonyl (C=O) groups is 1. The summed E-state index contributed by atoms with van der Waals surface area (Å²) in [7, 11) is 0. The summed E-state index contributed by atoms with van der Waals surface area (Å²) in [6, 6.07) is 8.86. The van der Waals surface area contributed by atoms with Crippen LogP contribution in [0, 0.1) is 5.82 Å². The van der Waals surface area contributed by atoms with Crippen LogP contribution in [-0.4, -0.2) is 16.1 Å². The van der Waals surface area contributed by atoms with E-state index in [0.29, 0.717) is 16.6 Å². The fraction of sp³-hybridized carbons (Fsp3) is 0. The Kier molecular flexibility index (Phi) is 3.23. The molecule has 21 heavy (non-hydrogen) atoms. The third kappa shape index (κ3) is 2.66. The van der Waals surface area contributed by atoms with Crippen molar-refractivity contribution in [3.05, 3.63) is 52.9 Å². The molecule has 0 atom stereocenters. The number of anilines is 2. The van der Waals surface area contributed by atoms with E-state index in [1.165, 1.54) is 12.1 Å². The van der Waals surface area contributed by atoms with Gasteiger partial charge in [-0.3, -0.25) is 9.89 Å². The highest BCUT2D eigenvalue weighted by atomic mass is 35.5. The van der Waals surface area contributed by atoms with E-state index in [4.69, 9.17) is 17.3 Å². The number of H-pyrrole nitrogens is 1. The van der Waals surface area contributed by atoms with Crippen LogP contribution in [0.1, 0.15) is 10.5 Å². The molecule has 2 aromatic carbocycles. The fourth-order valence-corrected chi connectivity index (χ4v) is 2.24. The number of aromatic amines is 1. The minimum absolute atomic E-state index is 0.178. The Labute approximate surface area is 123 Å². The quantitative estimate of drug-likeness (QED) is 0.636. The van der Waals surface area contributed by atoms with Gasteiger partial charge in [-0.15, -0.1) is 0 Å². The molecule has 4 N–H and O–H groups in total. The normalized spacial score (nSPS) is 10.8. The number of nitrogens with two attached hydrogens (primary N) is 1. The lowest BCUT2D eigenvalue weighted by atomic mass is 10.2. The first-order valence-corrected chi connectivity index (χ1v) is 6.42. The maximum absolute atomic E-state index is 13.3. The lowest BCUT2D eigenvalue weighted by molar-refractivity contribution is 0.102. The van der Waals surface area contributed by atoms with Crippen LogP contribution >= 0.6 is 11.6 Å². The second-order valence-electron chi connectivity index (χ2n) is 4.49. The molecular formula is C14H10ClFN4O. The second kappa shape index (κ2) is 5.06. The summed E-state index contributed by atoms with van der Waals surface area (Å²) in [6.07, 6.45) is 0. The van der Waals surface area contributed by atoms with Gasteiger partial charge in [-0.2, -0.15) is 5.10 Å². The van der Waals surface area contributed by atoms with Crippen molar-refractivity contribution in [1.29, 1.82) is 0 Å². The monoisotopic (exact) mass is 304 g/mol. The van der Waals surface area contributed by atoms with Gasteiger partial charge in [0.05, 0.1) is 5.52 Å². The van der Waals surface area contributed by atoms with Crippen molar-refractivity contribution in [1.82, 2.24) is 10.2 Å². The fourth-order valence-electron chi connectivity index (χ4n) is 2.02. The molecule has 3 rings (SSSR count). The molecule has 0 unspecified atom stereocenters. The summed E-state index contributed by atoms with van der Waals surface area (Å²) in [4.78, 5) is 12.2. The summed E-state index contributed by atoms with van der Waals surface area (Å²) < 4.78 is 13.3. The predicted molar refractivity (Wildman–Crippen MR) is 79.9 cm³/mol. The molecular weight excluding hydrogens is 295 g/mol. The molecule has 0 spiro atoms. The number of nitrogens with one attached hydrogen (secondary N) is 2. The summed E-state index contributed by atoms with van der Waals surface area (Å²) in [6.45, 7) is 0. The number of halogens is 2. The van der Waals surface area contributed by atoms with Crippen LogP contribution in [0.2, 0.25) is 5.02 Å². The number of nitrogen functional groups attached to an aromatic ring is 1. The number of benzene rings is 2. The average Bonchev–Trinajstić information content (AvgIpc) is 2.80. The van der Waals surface area contributed by atoms with E-state index < -0.39 is 11.7 Å². The molecule has 0 fully saturated rings. The zero-order valence-corrected chi connectivity index (χ0v) is 11.4. The molecule has 1 amide bonds. The molecule has 1 heterocycles. The Morgan fingerprint density at radius 2 is 2.10 bits per heavy atom. The van der Waals surface area contributed by atoms with Gasteiger partial charge in [-0.1, -0.05) is 11.6 Å². The second-order valence-corrected chi connectivity index (χ2v) is 4.93. The molecule has 0 saturated heterocycles. The molecule has 5 nitrogen and oxygen atoms in total. The van der Waals surface area contributed by atoms with Crippen molar-refractivity contribution < 1.29 is 9.18 Å². The van der Waals surface area contributed by atoms with E-state index in [9.17, 15) is 9.18 Å². The molecule has 0 bridgehead atoms. The minimum atomic E-state index is -0.533. The van der Waals surface area contributed by atoms with Crippen LogP contribution in [0.25, 0.3) is 10.9 Å². The van der Waals surface area contributed by atoms with Gasteiger partial charge in [0, 0.05) is 21.8 Å². The molecule has 0 aliphatic heterocycles. The largest absolute Gasteiger partial charge is 0.399 e. The van der Waals surface area contributed by atoms with Gasteiger partial charge in [0.15, 0.2) is 5.69 Å². The highest BCUT2D eigenvalue weighted by molar-refractivity contribution is 6.31. The van der Waals surface area contributed by atoms with Gasteiger partial charge < -0.3 is 11.1 Å². The summed E-state index contributed by atoms with van der Waals surface area (Å²) >= 11 is 5.74. The lowest BCUT2D eigenvalue weighted by Crippen LogP contribution is -2.13. The van der Waals surface area contributed by atoms with Crippen LogP contribution in [0.4, 0.5) is 15.8 Å². The van der Waals surface area contributed by atoms with Crippen molar-refractivity contribution in [2.75, 3.05) is 11.1 Å². The van der Waals surface area contributed by atoms with Gasteiger partial charge in [-0.05, 0) is 36.4 Å². The number of hydrogen-bond donors (Lipinski definition) is 3. The van der Waals surface area contributed by atoms with E-state index in [1.54, 1.807) is 18.2 Å². The van der Waals surface area contributed by atoms with Crippen LogP contribution in [0.15, 0.2) is 36.4 Å². The van der Waals surface area contributed by atoms with E-state index in [1.807, 2.05) is 0 Å². The molecule has 0 saturated carbocycles. The molecule has 3 aromatic rings. The minimum Gasteiger partial charge on any atom is -0.399 e. The Morgan fingerprint density at radius 3 is 2.86 bits per heavy atom. The highest BCUT2D eigenvalue weighted by Crippen LogP contribution is 2.22. The van der Waals surface area contributed by atoms with Crippen molar-refractivity contribution >= 4 is 39.8 Å². The Bertz CT molecular complexity index is 826. The molecule has 1 aromatic heterocycles. The number of amides is 1. The number of hydrogen-bond acceptors (Lipinski definition) is 3. The molecule has 7 heteroatoms. The average molecular weight is 305 g/mol. The molecule has 0 aliphatic rings. The zero-order chi connectivity index (χ0) is 15.0. The van der Waals surface area contributed by atoms with E-state index in [0.717, 1.165) is 6.07 Å². The Hall–Kier alpha value is -2.60. The summed E-state index contributed by atoms with van der Waals surface area (Å²) in [5.74, 6) is -1.01. The third-order valence-corrected chi connectivity index (χ3v) is 3.14. The number of fused-ring (bicyclic) bond motifs is 1. The van der Waals surface area contributed by atoms with Gasteiger partial charge >= 0.3 is 0 Å². The number of carbonyl (C=O) groups excluding carboxylic acids is 1. The predicted octanol–water partition coefficient (Wildman–Crippen LogP) is 3.19. The maximum atomic E-state index is 13.3. The maximum Gasteiger partial charge on any atom is 0.276 e. The van der Waals surface area contributed by atoms with E-state index in [2.05, 4.69) is 15.5 Å². The SMILES string of the molecule is Nc1ccc2[nH]nc(C(=O)Nc3cc(F)cc(Cl)c3)c2c1. The van der Waals surface area contributed by atoms with E-state index >= 15 is 0 Å². The summed E-state index contributed by atoms with van der Waals surface area (Å²) in [5.41, 5.74) is 7.34. The van der Waals surface area contributed by atoms with Crippen molar-refractivity contribution in [3.63, 3.8) is 0 Å². The Morgan fingerprint density at radius 1 is 1.29 bits per heavy atom. The first-order valence-electron chi connectivity index (χ1n) is 6.04. The first kappa shape index (κ1) is 13.4. The summed E-state index contributed by atoms with van der Waals surface area (Å²) in [5, 5.41) is 10.0. The van der Waals surface area contributed by atoms with Crippen LogP contribution in [0.5, 0.6) is 0 Å². The van der Waals surface area contributed by atoms with Crippen molar-refractivity contribution in [2.24, 2.45) is 0 Å².